The summed E-state index contributed by atoms with van der Waals surface area (Å²) in [7, 11) is 0. The lowest BCUT2D eigenvalue weighted by Crippen LogP contribution is -2.42. The molecular formula is C32H36ClNO. The number of ether oxygens (including phenoxy) is 1. The van der Waals surface area contributed by atoms with Gasteiger partial charge in [0.05, 0.1) is 0 Å². The van der Waals surface area contributed by atoms with Gasteiger partial charge in [0.2, 0.25) is 0 Å². The third-order valence-electron chi connectivity index (χ3n) is 6.23. The van der Waals surface area contributed by atoms with Gasteiger partial charge in [-0.05, 0) is 90.6 Å². The van der Waals surface area contributed by atoms with Gasteiger partial charge in [-0.1, -0.05) is 86.6 Å². The van der Waals surface area contributed by atoms with Crippen molar-refractivity contribution in [2.75, 3.05) is 19.6 Å². The first kappa shape index (κ1) is 26.5. The van der Waals surface area contributed by atoms with E-state index in [0.717, 1.165) is 25.4 Å². The minimum atomic E-state index is -0.249. The van der Waals surface area contributed by atoms with E-state index in [1.54, 1.807) is 0 Å². The van der Waals surface area contributed by atoms with Crippen molar-refractivity contribution in [3.63, 3.8) is 0 Å². The number of nitrogens with zero attached hydrogens (tertiary/aromatic N) is 1. The molecule has 4 aromatic carbocycles. The lowest BCUT2D eigenvalue weighted by molar-refractivity contribution is 0.0634. The van der Waals surface area contributed by atoms with Crippen LogP contribution in [0.4, 0.5) is 0 Å². The molecule has 0 atom stereocenters. The molecule has 0 unspecified atom stereocenters. The summed E-state index contributed by atoms with van der Waals surface area (Å²) in [5.74, 6) is 0.906. The third kappa shape index (κ3) is 6.97. The van der Waals surface area contributed by atoms with Gasteiger partial charge in [-0.15, -0.1) is 12.4 Å². The Labute approximate surface area is 217 Å². The van der Waals surface area contributed by atoms with Gasteiger partial charge in [-0.3, -0.25) is 4.90 Å². The number of benzene rings is 4. The number of hydrogen-bond acceptors (Lipinski definition) is 2. The van der Waals surface area contributed by atoms with Crippen molar-refractivity contribution in [2.24, 2.45) is 0 Å². The van der Waals surface area contributed by atoms with Gasteiger partial charge in [0.1, 0.15) is 11.4 Å². The Hall–Kier alpha value is -3.07. The molecule has 0 saturated heterocycles. The van der Waals surface area contributed by atoms with Gasteiger partial charge in [-0.25, -0.2) is 0 Å². The molecule has 0 aromatic heterocycles. The first-order valence-corrected chi connectivity index (χ1v) is 12.2. The van der Waals surface area contributed by atoms with Crippen LogP contribution in [0.1, 0.15) is 27.7 Å². The van der Waals surface area contributed by atoms with Crippen molar-refractivity contribution >= 4 is 12.4 Å². The summed E-state index contributed by atoms with van der Waals surface area (Å²) in [6.07, 6.45) is 0. The topological polar surface area (TPSA) is 12.5 Å². The predicted molar refractivity (Wildman–Crippen MR) is 152 cm³/mol. The summed E-state index contributed by atoms with van der Waals surface area (Å²) in [6, 6.07) is 36.5. The molecule has 0 radical (unpaired) electrons. The second-order valence-corrected chi connectivity index (χ2v) is 9.38. The Bertz CT molecular complexity index is 1130. The summed E-state index contributed by atoms with van der Waals surface area (Å²) in [5.41, 5.74) is 7.02. The van der Waals surface area contributed by atoms with E-state index in [0.29, 0.717) is 0 Å². The first-order valence-electron chi connectivity index (χ1n) is 12.2. The second-order valence-electron chi connectivity index (χ2n) is 9.38. The molecule has 3 heteroatoms. The maximum Gasteiger partial charge on any atom is 0.120 e. The summed E-state index contributed by atoms with van der Waals surface area (Å²) in [4.78, 5) is 2.40. The number of halogens is 1. The van der Waals surface area contributed by atoms with Crippen LogP contribution in [0.15, 0.2) is 103 Å². The molecule has 0 aliphatic rings. The first-order chi connectivity index (χ1) is 16.5. The molecule has 0 aliphatic carbocycles. The Morgan fingerprint density at radius 3 is 1.37 bits per heavy atom. The third-order valence-corrected chi connectivity index (χ3v) is 6.23. The molecule has 0 aliphatic heterocycles. The fourth-order valence-electron chi connectivity index (χ4n) is 4.44. The molecule has 2 nitrogen and oxygen atoms in total. The van der Waals surface area contributed by atoms with Gasteiger partial charge in [0, 0.05) is 6.54 Å². The Morgan fingerprint density at radius 2 is 0.971 bits per heavy atom. The zero-order chi connectivity index (χ0) is 24.0. The standard InChI is InChI=1S/C32H35NO.ClH/c1-5-33(6-2)24-32(3,4)34-31-19-17-27(18-20-31)30-22-28(25-13-9-7-10-14-25)21-29(23-30)26-15-11-8-12-16-26;/h7-23H,5-6,24H2,1-4H3;1H. The lowest BCUT2D eigenvalue weighted by Gasteiger charge is -2.32. The van der Waals surface area contributed by atoms with Crippen LogP contribution < -0.4 is 4.74 Å². The number of rotatable bonds is 9. The normalized spacial score (nSPS) is 11.2. The molecule has 0 N–H and O–H groups in total. The van der Waals surface area contributed by atoms with E-state index in [-0.39, 0.29) is 18.0 Å². The van der Waals surface area contributed by atoms with Crippen molar-refractivity contribution in [3.05, 3.63) is 103 Å². The molecular weight excluding hydrogens is 450 g/mol. The molecule has 0 bridgehead atoms. The molecule has 0 fully saturated rings. The van der Waals surface area contributed by atoms with Crippen LogP contribution >= 0.6 is 12.4 Å². The maximum absolute atomic E-state index is 6.37. The van der Waals surface area contributed by atoms with Crippen molar-refractivity contribution in [1.82, 2.24) is 4.90 Å². The minimum Gasteiger partial charge on any atom is -0.487 e. The van der Waals surface area contributed by atoms with Gasteiger partial charge in [0.25, 0.3) is 0 Å². The largest absolute Gasteiger partial charge is 0.487 e. The minimum absolute atomic E-state index is 0. The van der Waals surface area contributed by atoms with Crippen LogP contribution in [-0.2, 0) is 0 Å². The van der Waals surface area contributed by atoms with Crippen LogP contribution in [0.5, 0.6) is 5.75 Å². The lowest BCUT2D eigenvalue weighted by atomic mass is 9.93. The van der Waals surface area contributed by atoms with E-state index in [2.05, 4.69) is 136 Å². The van der Waals surface area contributed by atoms with E-state index in [4.69, 9.17) is 4.74 Å². The van der Waals surface area contributed by atoms with Crippen LogP contribution in [0, 0.1) is 0 Å². The second kappa shape index (κ2) is 12.1. The average Bonchev–Trinajstić information content (AvgIpc) is 2.88. The van der Waals surface area contributed by atoms with E-state index in [9.17, 15) is 0 Å². The highest BCUT2D eigenvalue weighted by atomic mass is 35.5. The average molecular weight is 486 g/mol. The molecule has 0 amide bonds. The molecule has 182 valence electrons. The Kier molecular flexibility index (Phi) is 9.14. The molecule has 0 saturated carbocycles. The van der Waals surface area contributed by atoms with E-state index in [1.807, 2.05) is 0 Å². The summed E-state index contributed by atoms with van der Waals surface area (Å²) < 4.78 is 6.37. The zero-order valence-corrected chi connectivity index (χ0v) is 22.0. The van der Waals surface area contributed by atoms with Crippen molar-refractivity contribution in [2.45, 2.75) is 33.3 Å². The summed E-state index contributed by atoms with van der Waals surface area (Å²) in [5, 5.41) is 0. The van der Waals surface area contributed by atoms with Crippen molar-refractivity contribution in [3.8, 4) is 39.1 Å². The predicted octanol–water partition coefficient (Wildman–Crippen LogP) is 8.61. The molecule has 4 rings (SSSR count). The van der Waals surface area contributed by atoms with Gasteiger partial charge in [0.15, 0.2) is 0 Å². The van der Waals surface area contributed by atoms with Gasteiger partial charge in [-0.2, -0.15) is 0 Å². The molecule has 0 heterocycles. The van der Waals surface area contributed by atoms with Crippen molar-refractivity contribution < 1.29 is 4.74 Å². The van der Waals surface area contributed by atoms with Crippen LogP contribution in [0.25, 0.3) is 33.4 Å². The highest BCUT2D eigenvalue weighted by Gasteiger charge is 2.22. The molecule has 0 spiro atoms. The summed E-state index contributed by atoms with van der Waals surface area (Å²) in [6.45, 7) is 11.7. The monoisotopic (exact) mass is 485 g/mol. The Balaban J connectivity index is 0.00000342. The highest BCUT2D eigenvalue weighted by Crippen LogP contribution is 2.33. The SMILES string of the molecule is CCN(CC)CC(C)(C)Oc1ccc(-c2cc(-c3ccccc3)cc(-c3ccccc3)c2)cc1.Cl. The van der Waals surface area contributed by atoms with Crippen molar-refractivity contribution in [1.29, 1.82) is 0 Å². The quantitative estimate of drug-likeness (QED) is 0.235. The zero-order valence-electron chi connectivity index (χ0n) is 21.2. The van der Waals surface area contributed by atoms with E-state index >= 15 is 0 Å². The smallest absolute Gasteiger partial charge is 0.120 e. The van der Waals surface area contributed by atoms with Crippen LogP contribution in [-0.4, -0.2) is 30.1 Å². The Morgan fingerprint density at radius 1 is 0.571 bits per heavy atom. The van der Waals surface area contributed by atoms with Crippen LogP contribution in [0.3, 0.4) is 0 Å². The summed E-state index contributed by atoms with van der Waals surface area (Å²) >= 11 is 0. The van der Waals surface area contributed by atoms with E-state index in [1.165, 1.54) is 33.4 Å². The number of likely N-dealkylation sites (N-methyl/N-ethyl adjacent to an activating group) is 1. The highest BCUT2D eigenvalue weighted by molar-refractivity contribution is 5.85. The maximum atomic E-state index is 6.37. The molecule has 35 heavy (non-hydrogen) atoms. The van der Waals surface area contributed by atoms with Gasteiger partial charge < -0.3 is 4.74 Å². The van der Waals surface area contributed by atoms with Crippen LogP contribution in [0.2, 0.25) is 0 Å². The fraction of sp³-hybridized carbons (Fsp3) is 0.250. The van der Waals surface area contributed by atoms with Gasteiger partial charge >= 0.3 is 0 Å². The fourth-order valence-corrected chi connectivity index (χ4v) is 4.44. The van der Waals surface area contributed by atoms with E-state index < -0.39 is 0 Å². The number of hydrogen-bond donors (Lipinski definition) is 0. The molecule has 4 aromatic rings.